The first-order valence-electron chi connectivity index (χ1n) is 7.20. The molecule has 1 heterocycles. The van der Waals surface area contributed by atoms with Crippen molar-refractivity contribution in [2.24, 2.45) is 0 Å². The summed E-state index contributed by atoms with van der Waals surface area (Å²) in [6.45, 7) is 2.79. The van der Waals surface area contributed by atoms with Gasteiger partial charge in [-0.05, 0) is 26.2 Å². The van der Waals surface area contributed by atoms with E-state index in [0.29, 0.717) is 6.61 Å². The summed E-state index contributed by atoms with van der Waals surface area (Å²) >= 11 is 0. The molecule has 1 N–H and O–H groups in total. The third-order valence-corrected chi connectivity index (χ3v) is 4.34. The van der Waals surface area contributed by atoms with Crippen molar-refractivity contribution in [3.8, 4) is 0 Å². The molecule has 5 heteroatoms. The van der Waals surface area contributed by atoms with E-state index in [1.807, 2.05) is 6.92 Å². The molecule has 1 unspecified atom stereocenters. The minimum absolute atomic E-state index is 0.0224. The highest BCUT2D eigenvalue weighted by Crippen LogP contribution is 2.32. The lowest BCUT2D eigenvalue weighted by Gasteiger charge is -2.46. The van der Waals surface area contributed by atoms with Crippen LogP contribution in [0, 0.1) is 0 Å². The van der Waals surface area contributed by atoms with Crippen LogP contribution in [0.15, 0.2) is 0 Å². The van der Waals surface area contributed by atoms with Gasteiger partial charge in [-0.15, -0.1) is 0 Å². The van der Waals surface area contributed by atoms with E-state index in [1.54, 1.807) is 12.0 Å². The van der Waals surface area contributed by atoms with Crippen LogP contribution < -0.4 is 5.32 Å². The van der Waals surface area contributed by atoms with Gasteiger partial charge in [-0.25, -0.2) is 0 Å². The second-order valence-corrected chi connectivity index (χ2v) is 5.75. The van der Waals surface area contributed by atoms with Crippen LogP contribution in [-0.2, 0) is 14.3 Å². The van der Waals surface area contributed by atoms with Crippen molar-refractivity contribution in [2.75, 3.05) is 20.3 Å². The van der Waals surface area contributed by atoms with Gasteiger partial charge in [0.15, 0.2) is 0 Å². The smallest absolute Gasteiger partial charge is 0.249 e. The maximum Gasteiger partial charge on any atom is 0.249 e. The van der Waals surface area contributed by atoms with Crippen LogP contribution in [0.1, 0.15) is 45.4 Å². The average Bonchev–Trinajstić information content (AvgIpc) is 2.41. The first kappa shape index (κ1) is 14.3. The van der Waals surface area contributed by atoms with Gasteiger partial charge in [0, 0.05) is 19.8 Å². The first-order chi connectivity index (χ1) is 9.09. The van der Waals surface area contributed by atoms with Gasteiger partial charge in [0.1, 0.15) is 5.54 Å². The van der Waals surface area contributed by atoms with Gasteiger partial charge in [0.2, 0.25) is 11.8 Å². The lowest BCUT2D eigenvalue weighted by molar-refractivity contribution is -0.154. The molecule has 2 fully saturated rings. The molecule has 2 aliphatic rings. The van der Waals surface area contributed by atoms with Gasteiger partial charge in [-0.1, -0.05) is 19.3 Å². The molecular weight excluding hydrogens is 244 g/mol. The van der Waals surface area contributed by atoms with Gasteiger partial charge >= 0.3 is 0 Å². The van der Waals surface area contributed by atoms with E-state index in [1.165, 1.54) is 0 Å². The Labute approximate surface area is 114 Å². The topological polar surface area (TPSA) is 58.6 Å². The predicted molar refractivity (Wildman–Crippen MR) is 71.6 cm³/mol. The number of nitrogens with one attached hydrogen (secondary N) is 1. The third-order valence-electron chi connectivity index (χ3n) is 4.34. The molecule has 19 heavy (non-hydrogen) atoms. The Kier molecular flexibility index (Phi) is 4.45. The molecule has 1 saturated heterocycles. The molecule has 0 aromatic heterocycles. The number of methoxy groups -OCH3 is 1. The number of carbonyl (C=O) groups is 2. The molecule has 1 saturated carbocycles. The maximum atomic E-state index is 12.7. The number of hydrogen-bond donors (Lipinski definition) is 1. The summed E-state index contributed by atoms with van der Waals surface area (Å²) in [5, 5.41) is 2.96. The summed E-state index contributed by atoms with van der Waals surface area (Å²) < 4.78 is 5.06. The zero-order valence-electron chi connectivity index (χ0n) is 11.9. The third kappa shape index (κ3) is 2.91. The van der Waals surface area contributed by atoms with E-state index in [2.05, 4.69) is 5.32 Å². The van der Waals surface area contributed by atoms with Crippen molar-refractivity contribution in [3.05, 3.63) is 0 Å². The molecule has 5 nitrogen and oxygen atoms in total. The number of ether oxygens (including phenoxy) is 1. The van der Waals surface area contributed by atoms with Crippen LogP contribution in [0.4, 0.5) is 0 Å². The van der Waals surface area contributed by atoms with E-state index < -0.39 is 5.54 Å². The minimum Gasteiger partial charge on any atom is -0.385 e. The van der Waals surface area contributed by atoms with Crippen LogP contribution >= 0.6 is 0 Å². The summed E-state index contributed by atoms with van der Waals surface area (Å²) in [7, 11) is 1.65. The zero-order valence-corrected chi connectivity index (χ0v) is 11.9. The summed E-state index contributed by atoms with van der Waals surface area (Å²) in [5.41, 5.74) is -0.616. The Morgan fingerprint density at radius 2 is 2.00 bits per heavy atom. The Bertz CT molecular complexity index is 351. The van der Waals surface area contributed by atoms with Crippen molar-refractivity contribution in [1.29, 1.82) is 0 Å². The fourth-order valence-electron chi connectivity index (χ4n) is 3.16. The zero-order chi connectivity index (χ0) is 13.9. The van der Waals surface area contributed by atoms with Gasteiger partial charge in [-0.3, -0.25) is 9.59 Å². The highest BCUT2D eigenvalue weighted by Gasteiger charge is 2.47. The van der Waals surface area contributed by atoms with Gasteiger partial charge in [0.25, 0.3) is 0 Å². The van der Waals surface area contributed by atoms with Crippen LogP contribution in [0.2, 0.25) is 0 Å². The Morgan fingerprint density at radius 1 is 1.32 bits per heavy atom. The molecule has 0 radical (unpaired) electrons. The number of amides is 2. The Hall–Kier alpha value is -1.10. The Morgan fingerprint density at radius 3 is 2.63 bits per heavy atom. The summed E-state index contributed by atoms with van der Waals surface area (Å²) in [6, 6.07) is 0.0531. The quantitative estimate of drug-likeness (QED) is 0.830. The number of rotatable bonds is 4. The highest BCUT2D eigenvalue weighted by molar-refractivity contribution is 5.98. The fourth-order valence-corrected chi connectivity index (χ4v) is 3.16. The molecule has 108 valence electrons. The number of hydrogen-bond acceptors (Lipinski definition) is 3. The summed E-state index contributed by atoms with van der Waals surface area (Å²) in [4.78, 5) is 26.4. The van der Waals surface area contributed by atoms with Gasteiger partial charge < -0.3 is 15.0 Å². The molecule has 2 rings (SSSR count). The average molecular weight is 268 g/mol. The largest absolute Gasteiger partial charge is 0.385 e. The predicted octanol–water partition coefficient (Wildman–Crippen LogP) is 1.07. The van der Waals surface area contributed by atoms with Crippen molar-refractivity contribution in [2.45, 2.75) is 57.0 Å². The van der Waals surface area contributed by atoms with Crippen LogP contribution in [0.5, 0.6) is 0 Å². The van der Waals surface area contributed by atoms with Crippen LogP contribution in [0.3, 0.4) is 0 Å². The van der Waals surface area contributed by atoms with Crippen LogP contribution in [0.25, 0.3) is 0 Å². The Balaban J connectivity index is 2.11. The number of nitrogens with zero attached hydrogens (tertiary/aromatic N) is 1. The van der Waals surface area contributed by atoms with E-state index >= 15 is 0 Å². The monoisotopic (exact) mass is 268 g/mol. The molecule has 0 bridgehead atoms. The molecule has 2 amide bonds. The molecule has 0 aromatic rings. The summed E-state index contributed by atoms with van der Waals surface area (Å²) in [6.07, 6.45) is 5.53. The van der Waals surface area contributed by atoms with Crippen molar-refractivity contribution in [1.82, 2.24) is 10.2 Å². The number of piperazine rings is 1. The molecule has 1 aliphatic heterocycles. The SMILES string of the molecule is COCCC(C)N1CC(=O)NC2(CCCCC2)C1=O. The van der Waals surface area contributed by atoms with Gasteiger partial charge in [-0.2, -0.15) is 0 Å². The molecular formula is C14H24N2O3. The van der Waals surface area contributed by atoms with Crippen molar-refractivity contribution < 1.29 is 14.3 Å². The summed E-state index contributed by atoms with van der Waals surface area (Å²) in [5.74, 6) is 0.0844. The van der Waals surface area contributed by atoms with Crippen molar-refractivity contribution >= 4 is 11.8 Å². The van der Waals surface area contributed by atoms with E-state index in [9.17, 15) is 9.59 Å². The fraction of sp³-hybridized carbons (Fsp3) is 0.857. The second kappa shape index (κ2) is 5.90. The highest BCUT2D eigenvalue weighted by atomic mass is 16.5. The van der Waals surface area contributed by atoms with Gasteiger partial charge in [0.05, 0.1) is 6.54 Å². The first-order valence-corrected chi connectivity index (χ1v) is 7.20. The maximum absolute atomic E-state index is 12.7. The molecule has 1 aliphatic carbocycles. The standard InChI is InChI=1S/C14H24N2O3/c1-11(6-9-19-2)16-10-12(17)15-14(13(16)18)7-4-3-5-8-14/h11H,3-10H2,1-2H3,(H,15,17). The minimum atomic E-state index is -0.616. The van der Waals surface area contributed by atoms with E-state index in [4.69, 9.17) is 4.74 Å². The normalized spacial score (nSPS) is 24.4. The van der Waals surface area contributed by atoms with Crippen LogP contribution in [-0.4, -0.2) is 48.6 Å². The molecule has 1 atom stereocenters. The molecule has 1 spiro atoms. The number of carbonyl (C=O) groups excluding carboxylic acids is 2. The second-order valence-electron chi connectivity index (χ2n) is 5.75. The lowest BCUT2D eigenvalue weighted by atomic mass is 9.79. The lowest BCUT2D eigenvalue weighted by Crippen LogP contribution is -2.68. The van der Waals surface area contributed by atoms with E-state index in [0.717, 1.165) is 38.5 Å². The molecule has 0 aromatic carbocycles. The van der Waals surface area contributed by atoms with Crippen molar-refractivity contribution in [3.63, 3.8) is 0 Å². The van der Waals surface area contributed by atoms with E-state index in [-0.39, 0.29) is 24.4 Å².